The highest BCUT2D eigenvalue weighted by molar-refractivity contribution is 7.18. The van der Waals surface area contributed by atoms with E-state index in [9.17, 15) is 0 Å². The van der Waals surface area contributed by atoms with Crippen molar-refractivity contribution < 1.29 is 4.42 Å². The summed E-state index contributed by atoms with van der Waals surface area (Å²) >= 11 is 1.68. The molecule has 180 valence electrons. The first kappa shape index (κ1) is 24.5. The molecule has 4 aromatic heterocycles. The zero-order valence-electron chi connectivity index (χ0n) is 20.7. The van der Waals surface area contributed by atoms with E-state index >= 15 is 0 Å². The molecule has 1 N–H and O–H groups in total. The molecular formula is C28H31N5OS. The summed E-state index contributed by atoms with van der Waals surface area (Å²) in [5.74, 6) is 1.56. The van der Waals surface area contributed by atoms with Gasteiger partial charge in [0.15, 0.2) is 5.82 Å². The number of furan rings is 1. The number of fused-ring (bicyclic) bond motifs is 1. The number of nitrogens with one attached hydrogen (secondary N) is 1. The summed E-state index contributed by atoms with van der Waals surface area (Å²) in [4.78, 5) is 20.5. The minimum Gasteiger partial charge on any atom is -0.472 e. The second kappa shape index (κ2) is 11.7. The normalized spacial score (nSPS) is 10.7. The number of benzene rings is 1. The topological polar surface area (TPSA) is 76.7 Å². The molecule has 5 aromatic rings. The average molecular weight is 486 g/mol. The summed E-state index contributed by atoms with van der Waals surface area (Å²) in [7, 11) is 0. The van der Waals surface area contributed by atoms with Gasteiger partial charge in [0.1, 0.15) is 16.9 Å². The summed E-state index contributed by atoms with van der Waals surface area (Å²) in [6.45, 7) is 9.12. The zero-order valence-corrected chi connectivity index (χ0v) is 21.5. The minimum absolute atomic E-state index is 0.686. The molecule has 0 spiro atoms. The van der Waals surface area contributed by atoms with Gasteiger partial charge in [-0.1, -0.05) is 44.5 Å². The van der Waals surface area contributed by atoms with Crippen LogP contribution in [0.4, 0.5) is 5.82 Å². The molecule has 1 aromatic carbocycles. The van der Waals surface area contributed by atoms with E-state index in [-0.39, 0.29) is 0 Å². The van der Waals surface area contributed by atoms with Crippen molar-refractivity contribution in [1.29, 1.82) is 0 Å². The molecule has 0 radical (unpaired) electrons. The number of nitrogens with zero attached hydrogens (tertiary/aromatic N) is 4. The van der Waals surface area contributed by atoms with Gasteiger partial charge in [-0.25, -0.2) is 9.97 Å². The molecule has 6 nitrogen and oxygen atoms in total. The van der Waals surface area contributed by atoms with Crippen LogP contribution in [-0.4, -0.2) is 26.5 Å². The van der Waals surface area contributed by atoms with Gasteiger partial charge in [-0.05, 0) is 44.4 Å². The van der Waals surface area contributed by atoms with Gasteiger partial charge in [0.05, 0.1) is 34.8 Å². The standard InChI is InChI=1S/C25H23N5OS.C3H8/c1-16-13-28-22(14-27-16)19-7-5-18(6-8-19)4-3-10-26-24-21-12-17(2)32-25(21)30-23(29-24)20-9-11-31-15-20;1-3-2/h5-9,11-15H,3-4,10H2,1-2H3,(H,26,29,30);3H2,1-2H3. The smallest absolute Gasteiger partial charge is 0.166 e. The van der Waals surface area contributed by atoms with Crippen LogP contribution in [-0.2, 0) is 6.42 Å². The maximum Gasteiger partial charge on any atom is 0.166 e. The van der Waals surface area contributed by atoms with Gasteiger partial charge in [-0.3, -0.25) is 9.97 Å². The summed E-state index contributed by atoms with van der Waals surface area (Å²) in [5.41, 5.74) is 5.10. The Kier molecular flexibility index (Phi) is 8.21. The molecule has 35 heavy (non-hydrogen) atoms. The third-order valence-electron chi connectivity index (χ3n) is 5.26. The van der Waals surface area contributed by atoms with Crippen LogP contribution in [0.3, 0.4) is 0 Å². The monoisotopic (exact) mass is 485 g/mol. The number of hydrogen-bond acceptors (Lipinski definition) is 7. The predicted octanol–water partition coefficient (Wildman–Crippen LogP) is 7.49. The maximum atomic E-state index is 5.21. The molecule has 0 amide bonds. The summed E-state index contributed by atoms with van der Waals surface area (Å²) in [6.07, 6.45) is 10.2. The lowest BCUT2D eigenvalue weighted by molar-refractivity contribution is 0.568. The van der Waals surface area contributed by atoms with E-state index in [4.69, 9.17) is 14.4 Å². The van der Waals surface area contributed by atoms with Crippen LogP contribution < -0.4 is 5.32 Å². The summed E-state index contributed by atoms with van der Waals surface area (Å²) in [5, 5.41) is 4.60. The Hall–Kier alpha value is -3.58. The van der Waals surface area contributed by atoms with Crippen LogP contribution in [0.5, 0.6) is 0 Å². The molecule has 0 bridgehead atoms. The van der Waals surface area contributed by atoms with Gasteiger partial charge in [0, 0.05) is 23.2 Å². The molecule has 4 heterocycles. The third kappa shape index (κ3) is 6.31. The van der Waals surface area contributed by atoms with Gasteiger partial charge < -0.3 is 9.73 Å². The van der Waals surface area contributed by atoms with Crippen LogP contribution in [0, 0.1) is 13.8 Å². The molecule has 0 saturated carbocycles. The molecule has 0 saturated heterocycles. The first-order valence-electron chi connectivity index (χ1n) is 12.0. The average Bonchev–Trinajstić information content (AvgIpc) is 3.52. The summed E-state index contributed by atoms with van der Waals surface area (Å²) in [6, 6.07) is 12.6. The van der Waals surface area contributed by atoms with E-state index in [2.05, 4.69) is 66.4 Å². The Balaban J connectivity index is 0.000000917. The van der Waals surface area contributed by atoms with E-state index in [0.717, 1.165) is 57.9 Å². The van der Waals surface area contributed by atoms with Crippen molar-refractivity contribution in [2.45, 2.75) is 47.0 Å². The number of thiophene rings is 1. The molecule has 7 heteroatoms. The molecule has 0 atom stereocenters. The van der Waals surface area contributed by atoms with Crippen LogP contribution in [0.1, 0.15) is 42.8 Å². The quantitative estimate of drug-likeness (QED) is 0.241. The molecule has 0 aliphatic rings. The lowest BCUT2D eigenvalue weighted by Crippen LogP contribution is -2.06. The maximum absolute atomic E-state index is 5.21. The zero-order chi connectivity index (χ0) is 24.6. The fourth-order valence-electron chi connectivity index (χ4n) is 3.58. The van der Waals surface area contributed by atoms with E-state index in [1.54, 1.807) is 30.1 Å². The molecule has 5 rings (SSSR count). The van der Waals surface area contributed by atoms with E-state index in [0.29, 0.717) is 5.82 Å². The van der Waals surface area contributed by atoms with Gasteiger partial charge in [-0.2, -0.15) is 0 Å². The highest BCUT2D eigenvalue weighted by Gasteiger charge is 2.12. The Morgan fingerprint density at radius 3 is 2.43 bits per heavy atom. The second-order valence-electron chi connectivity index (χ2n) is 8.46. The molecular weight excluding hydrogens is 454 g/mol. The molecule has 0 unspecified atom stereocenters. The number of rotatable bonds is 7. The lowest BCUT2D eigenvalue weighted by Gasteiger charge is -2.09. The number of aryl methyl sites for hydroxylation is 3. The van der Waals surface area contributed by atoms with Crippen LogP contribution >= 0.6 is 11.3 Å². The lowest BCUT2D eigenvalue weighted by atomic mass is 10.1. The fourth-order valence-corrected chi connectivity index (χ4v) is 4.46. The summed E-state index contributed by atoms with van der Waals surface area (Å²) < 4.78 is 5.21. The number of anilines is 1. The Morgan fingerprint density at radius 1 is 0.943 bits per heavy atom. The van der Waals surface area contributed by atoms with Crippen molar-refractivity contribution in [3.05, 3.63) is 77.5 Å². The Labute approximate surface area is 210 Å². The first-order chi connectivity index (χ1) is 17.1. The van der Waals surface area contributed by atoms with E-state index in [1.807, 2.05) is 19.2 Å². The van der Waals surface area contributed by atoms with Crippen LogP contribution in [0.25, 0.3) is 32.9 Å². The van der Waals surface area contributed by atoms with Crippen molar-refractivity contribution in [2.24, 2.45) is 0 Å². The second-order valence-corrected chi connectivity index (χ2v) is 9.70. The van der Waals surface area contributed by atoms with Crippen molar-refractivity contribution in [2.75, 3.05) is 11.9 Å². The van der Waals surface area contributed by atoms with Gasteiger partial charge >= 0.3 is 0 Å². The fraction of sp³-hybridized carbons (Fsp3) is 0.286. The molecule has 0 aliphatic heterocycles. The minimum atomic E-state index is 0.686. The largest absolute Gasteiger partial charge is 0.472 e. The van der Waals surface area contributed by atoms with E-state index < -0.39 is 0 Å². The van der Waals surface area contributed by atoms with Gasteiger partial charge in [0.2, 0.25) is 0 Å². The third-order valence-corrected chi connectivity index (χ3v) is 6.21. The van der Waals surface area contributed by atoms with Crippen molar-refractivity contribution in [3.63, 3.8) is 0 Å². The predicted molar refractivity (Wildman–Crippen MR) is 145 cm³/mol. The van der Waals surface area contributed by atoms with Crippen molar-refractivity contribution >= 4 is 27.4 Å². The Morgan fingerprint density at radius 2 is 1.74 bits per heavy atom. The first-order valence-corrected chi connectivity index (χ1v) is 12.8. The number of hydrogen-bond donors (Lipinski definition) is 1. The Bertz CT molecular complexity index is 1340. The number of aromatic nitrogens is 4. The van der Waals surface area contributed by atoms with Crippen LogP contribution in [0.2, 0.25) is 0 Å². The highest BCUT2D eigenvalue weighted by atomic mass is 32.1. The van der Waals surface area contributed by atoms with Crippen molar-refractivity contribution in [3.8, 4) is 22.6 Å². The van der Waals surface area contributed by atoms with Gasteiger partial charge in [-0.15, -0.1) is 11.3 Å². The molecule has 0 aliphatic carbocycles. The van der Waals surface area contributed by atoms with Gasteiger partial charge in [0.25, 0.3) is 0 Å². The van der Waals surface area contributed by atoms with E-state index in [1.165, 1.54) is 16.9 Å². The highest BCUT2D eigenvalue weighted by Crippen LogP contribution is 2.31. The van der Waals surface area contributed by atoms with Crippen LogP contribution in [0.15, 0.2) is 65.7 Å². The SMILES string of the molecule is CCC.Cc1cnc(-c2ccc(CCCNc3nc(-c4ccoc4)nc4sc(C)cc34)cc2)cn1. The molecule has 0 fully saturated rings. The van der Waals surface area contributed by atoms with Crippen molar-refractivity contribution in [1.82, 2.24) is 19.9 Å².